The second-order valence-corrected chi connectivity index (χ2v) is 10.3. The molecule has 0 bridgehead atoms. The van der Waals surface area contributed by atoms with Crippen molar-refractivity contribution in [1.29, 1.82) is 0 Å². The molecule has 1 saturated heterocycles. The van der Waals surface area contributed by atoms with Crippen LogP contribution in [0.15, 0.2) is 36.5 Å². The Morgan fingerprint density at radius 1 is 1.21 bits per heavy atom. The monoisotopic (exact) mass is 464 g/mol. The maximum Gasteiger partial charge on any atom is 0.255 e. The van der Waals surface area contributed by atoms with Gasteiger partial charge >= 0.3 is 0 Å². The van der Waals surface area contributed by atoms with Gasteiger partial charge in [-0.1, -0.05) is 24.3 Å². The minimum atomic E-state index is -0.251. The van der Waals surface area contributed by atoms with Crippen LogP contribution in [-0.4, -0.2) is 66.4 Å². The average Bonchev–Trinajstić information content (AvgIpc) is 3.09. The third-order valence-electron chi connectivity index (χ3n) is 8.30. The van der Waals surface area contributed by atoms with Crippen LogP contribution in [0.25, 0.3) is 11.1 Å². The number of likely N-dealkylation sites (tertiary alicyclic amines) is 1. The lowest BCUT2D eigenvalue weighted by Gasteiger charge is -2.45. The number of carbonyl (C=O) groups is 1. The number of ether oxygens (including phenoxy) is 1. The van der Waals surface area contributed by atoms with Gasteiger partial charge in [0, 0.05) is 50.0 Å². The number of fused-ring (bicyclic) bond motifs is 1. The van der Waals surface area contributed by atoms with E-state index in [0.29, 0.717) is 5.56 Å². The first-order valence-electron chi connectivity index (χ1n) is 12.5. The summed E-state index contributed by atoms with van der Waals surface area (Å²) in [7, 11) is 1.77. The summed E-state index contributed by atoms with van der Waals surface area (Å²) in [4.78, 5) is 19.8. The summed E-state index contributed by atoms with van der Waals surface area (Å²) < 4.78 is 5.28. The highest BCUT2D eigenvalue weighted by Gasteiger charge is 2.53. The number of pyridine rings is 1. The molecule has 1 aromatic carbocycles. The molecule has 7 nitrogen and oxygen atoms in total. The maximum absolute atomic E-state index is 12.9. The van der Waals surface area contributed by atoms with Crippen molar-refractivity contribution >= 4 is 11.7 Å². The molecule has 2 aliphatic carbocycles. The fourth-order valence-corrected chi connectivity index (χ4v) is 6.10. The van der Waals surface area contributed by atoms with E-state index in [0.717, 1.165) is 69.0 Å². The van der Waals surface area contributed by atoms with E-state index in [1.807, 2.05) is 6.07 Å². The minimum Gasteiger partial charge on any atom is -0.393 e. The number of methoxy groups -OCH3 is 1. The van der Waals surface area contributed by atoms with E-state index in [9.17, 15) is 9.90 Å². The fourth-order valence-electron chi connectivity index (χ4n) is 6.10. The first-order chi connectivity index (χ1) is 16.5. The zero-order valence-electron chi connectivity index (χ0n) is 20.0. The third kappa shape index (κ3) is 4.44. The Bertz CT molecular complexity index is 1020. The highest BCUT2D eigenvalue weighted by atomic mass is 16.5. The van der Waals surface area contributed by atoms with Gasteiger partial charge in [0.05, 0.1) is 18.3 Å². The molecule has 0 unspecified atom stereocenters. The first-order valence-corrected chi connectivity index (χ1v) is 12.5. The molecule has 5 rings (SSSR count). The van der Waals surface area contributed by atoms with Crippen molar-refractivity contribution in [3.63, 3.8) is 0 Å². The number of hydrogen-bond acceptors (Lipinski definition) is 6. The quantitative estimate of drug-likeness (QED) is 0.583. The predicted octanol–water partition coefficient (Wildman–Crippen LogP) is 2.97. The second-order valence-electron chi connectivity index (χ2n) is 10.3. The number of nitrogens with zero attached hydrogens (tertiary/aromatic N) is 2. The van der Waals surface area contributed by atoms with E-state index in [1.54, 1.807) is 13.3 Å². The Morgan fingerprint density at radius 3 is 2.65 bits per heavy atom. The van der Waals surface area contributed by atoms with Gasteiger partial charge in [-0.05, 0) is 61.6 Å². The molecule has 7 heteroatoms. The molecule has 1 aliphatic heterocycles. The Balaban J connectivity index is 1.30. The van der Waals surface area contributed by atoms with Crippen molar-refractivity contribution in [3.8, 4) is 11.1 Å². The average molecular weight is 465 g/mol. The van der Waals surface area contributed by atoms with Crippen LogP contribution >= 0.6 is 0 Å². The van der Waals surface area contributed by atoms with Crippen molar-refractivity contribution in [2.24, 2.45) is 5.92 Å². The number of benzene rings is 1. The molecule has 1 amide bonds. The number of nitrogens with one attached hydrogen (secondary N) is 1. The van der Waals surface area contributed by atoms with Crippen molar-refractivity contribution in [2.45, 2.75) is 56.1 Å². The van der Waals surface area contributed by atoms with Crippen LogP contribution < -0.4 is 11.1 Å². The van der Waals surface area contributed by atoms with Gasteiger partial charge < -0.3 is 20.9 Å². The molecule has 3 fully saturated rings. The molecule has 3 aliphatic rings. The minimum absolute atomic E-state index is 0.0720. The van der Waals surface area contributed by atoms with Crippen LogP contribution in [0.3, 0.4) is 0 Å². The van der Waals surface area contributed by atoms with Gasteiger partial charge in [-0.3, -0.25) is 9.69 Å². The molecular formula is C27H36N4O3. The first kappa shape index (κ1) is 23.3. The number of aliphatic hydroxyl groups is 1. The molecule has 0 spiro atoms. The molecule has 2 atom stereocenters. The summed E-state index contributed by atoms with van der Waals surface area (Å²) in [6.45, 7) is 4.04. The largest absolute Gasteiger partial charge is 0.393 e. The molecule has 0 radical (unpaired) electrons. The smallest absolute Gasteiger partial charge is 0.255 e. The van der Waals surface area contributed by atoms with E-state index in [1.165, 1.54) is 18.4 Å². The fraction of sp³-hybridized carbons (Fsp3) is 0.556. The number of hydrogen-bond donors (Lipinski definition) is 3. The number of carbonyl (C=O) groups excluding carboxylic acids is 1. The summed E-state index contributed by atoms with van der Waals surface area (Å²) in [6.07, 6.45) is 7.04. The van der Waals surface area contributed by atoms with E-state index in [-0.39, 0.29) is 29.3 Å². The lowest BCUT2D eigenvalue weighted by Crippen LogP contribution is -2.43. The van der Waals surface area contributed by atoms with Gasteiger partial charge in [0.25, 0.3) is 5.91 Å². The normalized spacial score (nSPS) is 28.8. The molecule has 4 N–H and O–H groups in total. The number of aromatic nitrogens is 1. The van der Waals surface area contributed by atoms with Crippen molar-refractivity contribution in [1.82, 2.24) is 15.2 Å². The molecule has 34 heavy (non-hydrogen) atoms. The Kier molecular flexibility index (Phi) is 6.60. The second kappa shape index (κ2) is 9.64. The molecule has 2 saturated carbocycles. The highest BCUT2D eigenvalue weighted by molar-refractivity contribution is 5.99. The van der Waals surface area contributed by atoms with Crippen LogP contribution in [-0.2, 0) is 10.2 Å². The van der Waals surface area contributed by atoms with Gasteiger partial charge in [0.2, 0.25) is 0 Å². The van der Waals surface area contributed by atoms with Crippen LogP contribution in [0.5, 0.6) is 0 Å². The van der Waals surface area contributed by atoms with Crippen molar-refractivity contribution < 1.29 is 14.6 Å². The van der Waals surface area contributed by atoms with Gasteiger partial charge in [0.15, 0.2) is 0 Å². The Hall–Kier alpha value is -2.48. The number of aliphatic hydroxyl groups excluding tert-OH is 1. The van der Waals surface area contributed by atoms with Gasteiger partial charge in [-0.15, -0.1) is 0 Å². The summed E-state index contributed by atoms with van der Waals surface area (Å²) in [6, 6.07) is 10.7. The number of anilines is 1. The predicted molar refractivity (Wildman–Crippen MR) is 133 cm³/mol. The van der Waals surface area contributed by atoms with E-state index in [4.69, 9.17) is 10.5 Å². The lowest BCUT2D eigenvalue weighted by atomic mass is 9.58. The molecular weight excluding hydrogens is 428 g/mol. The van der Waals surface area contributed by atoms with Crippen LogP contribution in [0.1, 0.15) is 54.4 Å². The van der Waals surface area contributed by atoms with Crippen molar-refractivity contribution in [2.75, 3.05) is 39.1 Å². The number of nitrogen functional groups attached to an aromatic ring is 1. The SMILES string of the molecule is COCCN1C[C@H]2CC[C@@]2(c2ccc(-c3cnc(N)c(C(=O)NC4CCC(O)CC4)c3)cc2)C1. The van der Waals surface area contributed by atoms with Crippen LogP contribution in [0.4, 0.5) is 5.82 Å². The third-order valence-corrected chi connectivity index (χ3v) is 8.30. The summed E-state index contributed by atoms with van der Waals surface area (Å²) >= 11 is 0. The van der Waals surface area contributed by atoms with Crippen molar-refractivity contribution in [3.05, 3.63) is 47.7 Å². The van der Waals surface area contributed by atoms with Crippen LogP contribution in [0, 0.1) is 5.92 Å². The Labute approximate surface area is 201 Å². The zero-order chi connectivity index (χ0) is 23.7. The maximum atomic E-state index is 12.9. The molecule has 2 aromatic rings. The standard InChI is InChI=1S/C27H36N4O3/c1-34-13-12-31-16-21-10-11-27(21,17-31)20-4-2-18(3-5-20)19-14-24(25(28)29-15-19)26(33)30-22-6-8-23(32)9-7-22/h2-5,14-15,21-23,32H,6-13,16-17H2,1H3,(H2,28,29)(H,30,33)/t21-,22?,23?,27+/m1/s1. The number of rotatable bonds is 7. The topological polar surface area (TPSA) is 101 Å². The molecule has 182 valence electrons. The van der Waals surface area contributed by atoms with Gasteiger partial charge in [-0.2, -0.15) is 0 Å². The van der Waals surface area contributed by atoms with Crippen LogP contribution in [0.2, 0.25) is 0 Å². The molecule has 2 heterocycles. The summed E-state index contributed by atoms with van der Waals surface area (Å²) in [5, 5.41) is 12.8. The van der Waals surface area contributed by atoms with E-state index in [2.05, 4.69) is 39.5 Å². The van der Waals surface area contributed by atoms with E-state index < -0.39 is 0 Å². The summed E-state index contributed by atoms with van der Waals surface area (Å²) in [5.41, 5.74) is 10.1. The lowest BCUT2D eigenvalue weighted by molar-refractivity contribution is 0.0868. The Morgan fingerprint density at radius 2 is 1.97 bits per heavy atom. The van der Waals surface area contributed by atoms with Gasteiger partial charge in [0.1, 0.15) is 5.82 Å². The zero-order valence-corrected chi connectivity index (χ0v) is 20.0. The number of amides is 1. The van der Waals surface area contributed by atoms with E-state index >= 15 is 0 Å². The summed E-state index contributed by atoms with van der Waals surface area (Å²) in [5.74, 6) is 0.778. The number of nitrogens with two attached hydrogens (primary N) is 1. The molecule has 1 aromatic heterocycles. The van der Waals surface area contributed by atoms with Gasteiger partial charge in [-0.25, -0.2) is 4.98 Å². The highest BCUT2D eigenvalue weighted by Crippen LogP contribution is 2.53.